The Morgan fingerprint density at radius 1 is 1.07 bits per heavy atom. The van der Waals surface area contributed by atoms with Gasteiger partial charge in [-0.3, -0.25) is 4.57 Å². The molecule has 0 unspecified atom stereocenters. The Morgan fingerprint density at radius 3 is 2.44 bits per heavy atom. The average Bonchev–Trinajstić information content (AvgIpc) is 3.30. The van der Waals surface area contributed by atoms with Crippen LogP contribution in [0.4, 0.5) is 5.82 Å². The van der Waals surface area contributed by atoms with Crippen LogP contribution in [0.1, 0.15) is 5.82 Å². The minimum absolute atomic E-state index is 0.364. The van der Waals surface area contributed by atoms with Crippen molar-refractivity contribution in [2.24, 2.45) is 0 Å². The zero-order chi connectivity index (χ0) is 19.0. The molecule has 4 rings (SSSR count). The molecule has 0 radical (unpaired) electrons. The van der Waals surface area contributed by atoms with Crippen molar-refractivity contribution in [1.82, 2.24) is 23.8 Å². The summed E-state index contributed by atoms with van der Waals surface area (Å²) < 4.78 is 30.1. The number of aryl methyl sites for hydroxylation is 1. The highest BCUT2D eigenvalue weighted by molar-refractivity contribution is 9.11. The third-order valence-corrected chi connectivity index (χ3v) is 8.41. The first kappa shape index (κ1) is 18.5. The van der Waals surface area contributed by atoms with Gasteiger partial charge in [0.1, 0.15) is 28.0 Å². The lowest BCUT2D eigenvalue weighted by atomic mass is 10.3. The van der Waals surface area contributed by atoms with Gasteiger partial charge in [-0.1, -0.05) is 0 Å². The van der Waals surface area contributed by atoms with Gasteiger partial charge in [0.05, 0.1) is 3.79 Å². The van der Waals surface area contributed by atoms with Crippen molar-refractivity contribution >= 4 is 43.1 Å². The summed E-state index contributed by atoms with van der Waals surface area (Å²) in [6, 6.07) is 5.30. The van der Waals surface area contributed by atoms with Crippen molar-refractivity contribution < 1.29 is 8.42 Å². The van der Waals surface area contributed by atoms with Crippen molar-refractivity contribution in [3.8, 4) is 5.82 Å². The van der Waals surface area contributed by atoms with Crippen LogP contribution in [0.5, 0.6) is 0 Å². The second kappa shape index (κ2) is 7.30. The molecule has 0 aromatic carbocycles. The zero-order valence-electron chi connectivity index (χ0n) is 14.5. The van der Waals surface area contributed by atoms with Gasteiger partial charge in [0.25, 0.3) is 10.0 Å². The van der Waals surface area contributed by atoms with E-state index in [4.69, 9.17) is 0 Å². The van der Waals surface area contributed by atoms with E-state index in [0.29, 0.717) is 30.4 Å². The highest BCUT2D eigenvalue weighted by atomic mass is 79.9. The van der Waals surface area contributed by atoms with Crippen LogP contribution >= 0.6 is 27.3 Å². The molecular formula is C16H17BrN6O2S2. The number of piperazine rings is 1. The molecule has 8 nitrogen and oxygen atoms in total. The molecule has 0 spiro atoms. The molecule has 1 saturated heterocycles. The number of imidazole rings is 1. The first-order valence-corrected chi connectivity index (χ1v) is 11.3. The molecule has 0 amide bonds. The van der Waals surface area contributed by atoms with Gasteiger partial charge < -0.3 is 4.90 Å². The predicted octanol–water partition coefficient (Wildman–Crippen LogP) is 2.31. The molecule has 1 fully saturated rings. The molecular weight excluding hydrogens is 452 g/mol. The van der Waals surface area contributed by atoms with E-state index in [1.807, 2.05) is 23.8 Å². The maximum Gasteiger partial charge on any atom is 0.252 e. The number of aromatic nitrogens is 4. The van der Waals surface area contributed by atoms with Crippen LogP contribution in [0.2, 0.25) is 0 Å². The Hall–Kier alpha value is -1.82. The predicted molar refractivity (Wildman–Crippen MR) is 107 cm³/mol. The van der Waals surface area contributed by atoms with Crippen LogP contribution in [0.3, 0.4) is 0 Å². The summed E-state index contributed by atoms with van der Waals surface area (Å²) in [5.74, 6) is 2.37. The van der Waals surface area contributed by atoms with E-state index in [2.05, 4.69) is 35.8 Å². The van der Waals surface area contributed by atoms with E-state index in [0.717, 1.165) is 21.2 Å². The van der Waals surface area contributed by atoms with E-state index in [1.165, 1.54) is 22.0 Å². The molecule has 0 atom stereocenters. The van der Waals surface area contributed by atoms with E-state index in [1.54, 1.807) is 18.3 Å². The quantitative estimate of drug-likeness (QED) is 0.583. The Balaban J connectivity index is 1.49. The van der Waals surface area contributed by atoms with Crippen LogP contribution in [0.15, 0.2) is 44.9 Å². The fourth-order valence-corrected chi connectivity index (χ4v) is 6.57. The van der Waals surface area contributed by atoms with Crippen LogP contribution in [-0.2, 0) is 10.0 Å². The maximum atomic E-state index is 12.8. The zero-order valence-corrected chi connectivity index (χ0v) is 17.7. The van der Waals surface area contributed by atoms with E-state index in [-0.39, 0.29) is 0 Å². The van der Waals surface area contributed by atoms with Crippen molar-refractivity contribution in [3.05, 3.63) is 46.5 Å². The fraction of sp³-hybridized carbons (Fsp3) is 0.312. The van der Waals surface area contributed by atoms with Crippen LogP contribution in [-0.4, -0.2) is 58.4 Å². The number of halogens is 1. The molecule has 1 aliphatic rings. The summed E-state index contributed by atoms with van der Waals surface area (Å²) in [4.78, 5) is 15.0. The SMILES string of the molecule is Cc1nccn1-c1cc(N2CCN(S(=O)(=O)c3ccc(Br)s3)CC2)ncn1. The van der Waals surface area contributed by atoms with Gasteiger partial charge in [0.2, 0.25) is 0 Å². The first-order chi connectivity index (χ1) is 12.9. The monoisotopic (exact) mass is 468 g/mol. The third kappa shape index (κ3) is 3.64. The van der Waals surface area contributed by atoms with E-state index in [9.17, 15) is 8.42 Å². The molecule has 27 heavy (non-hydrogen) atoms. The lowest BCUT2D eigenvalue weighted by Gasteiger charge is -2.34. The van der Waals surface area contributed by atoms with Gasteiger partial charge in [0.15, 0.2) is 0 Å². The molecule has 0 saturated carbocycles. The lowest BCUT2D eigenvalue weighted by molar-refractivity contribution is 0.384. The second-order valence-electron chi connectivity index (χ2n) is 6.03. The summed E-state index contributed by atoms with van der Waals surface area (Å²) in [5, 5.41) is 0. The first-order valence-electron chi connectivity index (χ1n) is 8.28. The molecule has 142 valence electrons. The topological polar surface area (TPSA) is 84.2 Å². The number of anilines is 1. The summed E-state index contributed by atoms with van der Waals surface area (Å²) in [6.07, 6.45) is 5.10. The fourth-order valence-electron chi connectivity index (χ4n) is 2.98. The standard InChI is InChI=1S/C16H17BrN6O2S2/c1-12-18-4-5-23(12)15-10-14(19-11-20-15)21-6-8-22(9-7-21)27(24,25)16-3-2-13(17)26-16/h2-5,10-11H,6-9H2,1H3. The van der Waals surface area contributed by atoms with Crippen molar-refractivity contribution in [2.75, 3.05) is 31.1 Å². The number of sulfonamides is 1. The van der Waals surface area contributed by atoms with Gasteiger partial charge in [-0.2, -0.15) is 4.31 Å². The number of thiophene rings is 1. The Bertz CT molecular complexity index is 1060. The molecule has 3 aromatic rings. The number of rotatable bonds is 4. The summed E-state index contributed by atoms with van der Waals surface area (Å²) in [5.41, 5.74) is 0. The van der Waals surface area contributed by atoms with Crippen LogP contribution in [0, 0.1) is 6.92 Å². The normalized spacial score (nSPS) is 16.0. The Labute approximate surface area is 169 Å². The molecule has 4 heterocycles. The minimum Gasteiger partial charge on any atom is -0.354 e. The van der Waals surface area contributed by atoms with Gasteiger partial charge in [-0.25, -0.2) is 23.4 Å². The Morgan fingerprint density at radius 2 is 1.81 bits per heavy atom. The summed E-state index contributed by atoms with van der Waals surface area (Å²) in [6.45, 7) is 3.90. The second-order valence-corrected chi connectivity index (χ2v) is 10.7. The van der Waals surface area contributed by atoms with Gasteiger partial charge in [0, 0.05) is 44.6 Å². The van der Waals surface area contributed by atoms with Crippen molar-refractivity contribution in [1.29, 1.82) is 0 Å². The average molecular weight is 469 g/mol. The number of hydrogen-bond donors (Lipinski definition) is 0. The minimum atomic E-state index is -3.45. The maximum absolute atomic E-state index is 12.8. The summed E-state index contributed by atoms with van der Waals surface area (Å²) >= 11 is 4.55. The van der Waals surface area contributed by atoms with E-state index >= 15 is 0 Å². The van der Waals surface area contributed by atoms with Gasteiger partial charge in [-0.15, -0.1) is 11.3 Å². The lowest BCUT2D eigenvalue weighted by Crippen LogP contribution is -2.48. The van der Waals surface area contributed by atoms with Gasteiger partial charge in [-0.05, 0) is 35.0 Å². The van der Waals surface area contributed by atoms with Crippen LogP contribution < -0.4 is 4.90 Å². The van der Waals surface area contributed by atoms with Crippen molar-refractivity contribution in [3.63, 3.8) is 0 Å². The number of nitrogens with zero attached hydrogens (tertiary/aromatic N) is 6. The van der Waals surface area contributed by atoms with Gasteiger partial charge >= 0.3 is 0 Å². The smallest absolute Gasteiger partial charge is 0.252 e. The highest BCUT2D eigenvalue weighted by Crippen LogP contribution is 2.29. The Kier molecular flexibility index (Phi) is 5.01. The number of hydrogen-bond acceptors (Lipinski definition) is 7. The van der Waals surface area contributed by atoms with E-state index < -0.39 is 10.0 Å². The molecule has 3 aromatic heterocycles. The highest BCUT2D eigenvalue weighted by Gasteiger charge is 2.30. The molecule has 1 aliphatic heterocycles. The molecule has 11 heteroatoms. The third-order valence-electron chi connectivity index (χ3n) is 4.42. The largest absolute Gasteiger partial charge is 0.354 e. The summed E-state index contributed by atoms with van der Waals surface area (Å²) in [7, 11) is -3.45. The molecule has 0 aliphatic carbocycles. The van der Waals surface area contributed by atoms with Crippen molar-refractivity contribution in [2.45, 2.75) is 11.1 Å². The molecule has 0 bridgehead atoms. The van der Waals surface area contributed by atoms with Crippen LogP contribution in [0.25, 0.3) is 5.82 Å². The molecule has 0 N–H and O–H groups in total.